The van der Waals surface area contributed by atoms with Crippen LogP contribution in [0.25, 0.3) is 0 Å². The van der Waals surface area contributed by atoms with E-state index in [1.165, 1.54) is 12.1 Å². The molecule has 0 saturated carbocycles. The van der Waals surface area contributed by atoms with Gasteiger partial charge >= 0.3 is 0 Å². The lowest BCUT2D eigenvalue weighted by Crippen LogP contribution is -2.14. The Hall–Kier alpha value is -0.760. The van der Waals surface area contributed by atoms with Crippen LogP contribution in [0.3, 0.4) is 0 Å². The lowest BCUT2D eigenvalue weighted by Gasteiger charge is -2.21. The number of aromatic hydroxyl groups is 1. The molecule has 3 heteroatoms. The van der Waals surface area contributed by atoms with Crippen molar-refractivity contribution < 1.29 is 9.50 Å². The van der Waals surface area contributed by atoms with Crippen molar-refractivity contribution in [2.45, 2.75) is 26.2 Å². The molecule has 0 saturated heterocycles. The number of benzene rings is 1. The van der Waals surface area contributed by atoms with E-state index in [0.717, 1.165) is 0 Å². The number of hydrogen-bond donors (Lipinski definition) is 1. The largest absolute Gasteiger partial charge is 0.508 e. The molecule has 1 aromatic carbocycles. The Kier molecular flexibility index (Phi) is 2.53. The molecule has 0 aliphatic carbocycles. The molecular formula is C10H12ClFO. The van der Waals surface area contributed by atoms with E-state index >= 15 is 0 Å². The molecule has 72 valence electrons. The maximum Gasteiger partial charge on any atom is 0.149 e. The quantitative estimate of drug-likeness (QED) is 0.683. The van der Waals surface area contributed by atoms with Crippen molar-refractivity contribution in [3.63, 3.8) is 0 Å². The van der Waals surface area contributed by atoms with Crippen LogP contribution in [-0.4, -0.2) is 5.11 Å². The molecule has 1 nitrogen and oxygen atoms in total. The smallest absolute Gasteiger partial charge is 0.149 e. The zero-order valence-electron chi connectivity index (χ0n) is 7.86. The molecule has 1 rings (SSSR count). The van der Waals surface area contributed by atoms with Crippen LogP contribution in [0.15, 0.2) is 12.1 Å². The third kappa shape index (κ3) is 1.94. The van der Waals surface area contributed by atoms with Crippen molar-refractivity contribution in [3.8, 4) is 5.75 Å². The molecule has 0 amide bonds. The number of phenolic OH excluding ortho intramolecular Hbond substituents is 1. The van der Waals surface area contributed by atoms with E-state index in [1.54, 1.807) is 0 Å². The lowest BCUT2D eigenvalue weighted by atomic mass is 9.86. The van der Waals surface area contributed by atoms with E-state index in [-0.39, 0.29) is 16.3 Å². The summed E-state index contributed by atoms with van der Waals surface area (Å²) in [6.45, 7) is 5.46. The van der Waals surface area contributed by atoms with Gasteiger partial charge in [0.1, 0.15) is 11.6 Å². The monoisotopic (exact) mass is 202 g/mol. The number of halogens is 2. The van der Waals surface area contributed by atoms with Crippen molar-refractivity contribution in [1.82, 2.24) is 0 Å². The van der Waals surface area contributed by atoms with Crippen LogP contribution in [0.2, 0.25) is 5.02 Å². The lowest BCUT2D eigenvalue weighted by molar-refractivity contribution is 0.429. The van der Waals surface area contributed by atoms with Crippen LogP contribution >= 0.6 is 11.6 Å². The van der Waals surface area contributed by atoms with Crippen molar-refractivity contribution in [2.24, 2.45) is 0 Å². The average Bonchev–Trinajstić information content (AvgIpc) is 1.95. The highest BCUT2D eigenvalue weighted by Crippen LogP contribution is 2.35. The van der Waals surface area contributed by atoms with Gasteiger partial charge in [0.05, 0.1) is 5.02 Å². The Labute approximate surface area is 82.2 Å². The van der Waals surface area contributed by atoms with E-state index in [2.05, 4.69) is 0 Å². The summed E-state index contributed by atoms with van der Waals surface area (Å²) in [6.07, 6.45) is 0. The highest BCUT2D eigenvalue weighted by molar-refractivity contribution is 6.30. The predicted octanol–water partition coefficient (Wildman–Crippen LogP) is 3.48. The Bertz CT molecular complexity index is 328. The van der Waals surface area contributed by atoms with Gasteiger partial charge in [-0.3, -0.25) is 0 Å². The summed E-state index contributed by atoms with van der Waals surface area (Å²) >= 11 is 5.61. The molecule has 0 bridgehead atoms. The fourth-order valence-electron chi connectivity index (χ4n) is 1.25. The van der Waals surface area contributed by atoms with Crippen LogP contribution in [0.5, 0.6) is 5.75 Å². The third-order valence-corrected chi connectivity index (χ3v) is 2.11. The minimum Gasteiger partial charge on any atom is -0.508 e. The highest BCUT2D eigenvalue weighted by atomic mass is 35.5. The number of rotatable bonds is 0. The van der Waals surface area contributed by atoms with E-state index in [9.17, 15) is 9.50 Å². The average molecular weight is 203 g/mol. The topological polar surface area (TPSA) is 20.2 Å². The molecule has 0 fully saturated rings. The first-order valence-corrected chi connectivity index (χ1v) is 4.39. The van der Waals surface area contributed by atoms with Gasteiger partial charge in [0, 0.05) is 5.56 Å². The second-order valence-corrected chi connectivity index (χ2v) is 4.41. The van der Waals surface area contributed by atoms with Crippen LogP contribution in [0, 0.1) is 5.82 Å². The molecule has 0 aliphatic heterocycles. The highest BCUT2D eigenvalue weighted by Gasteiger charge is 2.23. The summed E-state index contributed by atoms with van der Waals surface area (Å²) in [4.78, 5) is 0. The van der Waals surface area contributed by atoms with Gasteiger partial charge in [0.2, 0.25) is 0 Å². The van der Waals surface area contributed by atoms with Crippen molar-refractivity contribution in [3.05, 3.63) is 28.5 Å². The summed E-state index contributed by atoms with van der Waals surface area (Å²) in [5, 5.41) is 9.50. The Morgan fingerprint density at radius 1 is 1.31 bits per heavy atom. The van der Waals surface area contributed by atoms with Crippen LogP contribution in [-0.2, 0) is 5.41 Å². The maximum atomic E-state index is 13.5. The Morgan fingerprint density at radius 2 is 1.85 bits per heavy atom. The first-order valence-electron chi connectivity index (χ1n) is 4.01. The Balaban J connectivity index is 3.43. The SMILES string of the molecule is CC(C)(C)c1c(O)ccc(Cl)c1F. The summed E-state index contributed by atoms with van der Waals surface area (Å²) in [6, 6.07) is 2.76. The van der Waals surface area contributed by atoms with Gasteiger partial charge < -0.3 is 5.11 Å². The molecule has 0 spiro atoms. The molecule has 0 heterocycles. The molecule has 1 aromatic rings. The minimum atomic E-state index is -0.533. The summed E-state index contributed by atoms with van der Waals surface area (Å²) in [5.41, 5.74) is -0.181. The predicted molar refractivity (Wildman–Crippen MR) is 51.8 cm³/mol. The molecule has 1 N–H and O–H groups in total. The molecule has 0 aromatic heterocycles. The van der Waals surface area contributed by atoms with Crippen LogP contribution in [0.1, 0.15) is 26.3 Å². The van der Waals surface area contributed by atoms with Crippen molar-refractivity contribution >= 4 is 11.6 Å². The number of hydrogen-bond acceptors (Lipinski definition) is 1. The standard InChI is InChI=1S/C10H12ClFO/c1-10(2,3)8-7(13)5-4-6(11)9(8)12/h4-5,13H,1-3H3. The number of phenols is 1. The van der Waals surface area contributed by atoms with Crippen molar-refractivity contribution in [2.75, 3.05) is 0 Å². The van der Waals surface area contributed by atoms with Gasteiger partial charge in [-0.05, 0) is 17.5 Å². The van der Waals surface area contributed by atoms with Gasteiger partial charge in [-0.1, -0.05) is 32.4 Å². The first-order chi connectivity index (χ1) is 5.84. The zero-order chi connectivity index (χ0) is 10.2. The molecule has 0 unspecified atom stereocenters. The van der Waals surface area contributed by atoms with E-state index in [0.29, 0.717) is 0 Å². The van der Waals surface area contributed by atoms with Crippen LogP contribution < -0.4 is 0 Å². The van der Waals surface area contributed by atoms with Gasteiger partial charge in [-0.15, -0.1) is 0 Å². The normalized spacial score (nSPS) is 11.8. The zero-order valence-corrected chi connectivity index (χ0v) is 8.61. The second-order valence-electron chi connectivity index (χ2n) is 4.01. The molecule has 0 aliphatic rings. The third-order valence-electron chi connectivity index (χ3n) is 1.82. The molecule has 0 atom stereocenters. The first kappa shape index (κ1) is 10.3. The Morgan fingerprint density at radius 3 is 2.23 bits per heavy atom. The van der Waals surface area contributed by atoms with Gasteiger partial charge in [-0.25, -0.2) is 4.39 Å². The second kappa shape index (κ2) is 3.18. The van der Waals surface area contributed by atoms with Gasteiger partial charge in [-0.2, -0.15) is 0 Å². The fourth-order valence-corrected chi connectivity index (χ4v) is 1.41. The molecular weight excluding hydrogens is 191 g/mol. The fraction of sp³-hybridized carbons (Fsp3) is 0.400. The molecule has 0 radical (unpaired) electrons. The summed E-state index contributed by atoms with van der Waals surface area (Å²) in [5.74, 6) is -0.580. The van der Waals surface area contributed by atoms with Gasteiger partial charge in [0.25, 0.3) is 0 Å². The van der Waals surface area contributed by atoms with Gasteiger partial charge in [0.15, 0.2) is 0 Å². The summed E-state index contributed by atoms with van der Waals surface area (Å²) < 4.78 is 13.5. The van der Waals surface area contributed by atoms with E-state index in [1.807, 2.05) is 20.8 Å². The van der Waals surface area contributed by atoms with Crippen molar-refractivity contribution in [1.29, 1.82) is 0 Å². The maximum absolute atomic E-state index is 13.5. The minimum absolute atomic E-state index is 0.0442. The van der Waals surface area contributed by atoms with Crippen LogP contribution in [0.4, 0.5) is 4.39 Å². The van der Waals surface area contributed by atoms with E-state index in [4.69, 9.17) is 11.6 Å². The molecule has 13 heavy (non-hydrogen) atoms. The van der Waals surface area contributed by atoms with E-state index < -0.39 is 11.2 Å². The summed E-state index contributed by atoms with van der Waals surface area (Å²) in [7, 11) is 0.